The topological polar surface area (TPSA) is 27.7 Å². The summed E-state index contributed by atoms with van der Waals surface area (Å²) in [5, 5.41) is 0. The van der Waals surface area contributed by atoms with Crippen LogP contribution in [0.1, 0.15) is 27.7 Å². The molecule has 1 aliphatic heterocycles. The van der Waals surface area contributed by atoms with Crippen LogP contribution in [-0.4, -0.2) is 25.2 Å². The molecule has 1 heterocycles. The molecule has 0 aromatic heterocycles. The lowest BCUT2D eigenvalue weighted by Gasteiger charge is -2.31. The van der Waals surface area contributed by atoms with E-state index in [9.17, 15) is 0 Å². The summed E-state index contributed by atoms with van der Waals surface area (Å²) in [6, 6.07) is 0. The standard InChI is InChI=1S/C7H16BO3P/c1-6(2)7(3,4)10-8(9-6)11-12-5/h12H,1-5H3. The van der Waals surface area contributed by atoms with Crippen LogP contribution in [0.4, 0.5) is 0 Å². The molecule has 0 radical (unpaired) electrons. The van der Waals surface area contributed by atoms with Gasteiger partial charge in [0, 0.05) is 0 Å². The van der Waals surface area contributed by atoms with Crippen LogP contribution >= 0.6 is 8.81 Å². The van der Waals surface area contributed by atoms with Gasteiger partial charge in [-0.1, -0.05) is 0 Å². The lowest BCUT2D eigenvalue weighted by atomic mass is 9.90. The highest BCUT2D eigenvalue weighted by atomic mass is 31.1. The largest absolute Gasteiger partial charge is 0.643 e. The first-order valence-electron chi connectivity index (χ1n) is 4.07. The van der Waals surface area contributed by atoms with Gasteiger partial charge in [0.25, 0.3) is 0 Å². The molecule has 0 aromatic rings. The quantitative estimate of drug-likeness (QED) is 0.490. The zero-order valence-electron chi connectivity index (χ0n) is 8.30. The number of rotatable bonds is 2. The summed E-state index contributed by atoms with van der Waals surface area (Å²) >= 11 is 0. The molecular formula is C7H16BO3P. The molecule has 12 heavy (non-hydrogen) atoms. The Morgan fingerprint density at radius 2 is 1.50 bits per heavy atom. The molecular weight excluding hydrogens is 174 g/mol. The summed E-state index contributed by atoms with van der Waals surface area (Å²) in [6.45, 7) is 9.99. The van der Waals surface area contributed by atoms with E-state index in [1.54, 1.807) is 0 Å². The zero-order valence-corrected chi connectivity index (χ0v) is 9.30. The Kier molecular flexibility index (Phi) is 2.84. The van der Waals surface area contributed by atoms with Crippen molar-refractivity contribution in [1.29, 1.82) is 0 Å². The third-order valence-electron chi connectivity index (χ3n) is 2.45. The minimum absolute atomic E-state index is 0.280. The van der Waals surface area contributed by atoms with E-state index in [4.69, 9.17) is 13.7 Å². The Balaban J connectivity index is 2.61. The molecule has 1 atom stereocenters. The van der Waals surface area contributed by atoms with Crippen LogP contribution in [0.2, 0.25) is 0 Å². The maximum absolute atomic E-state index is 5.57. The fourth-order valence-electron chi connectivity index (χ4n) is 0.933. The minimum Gasteiger partial charge on any atom is -0.378 e. The van der Waals surface area contributed by atoms with Crippen molar-refractivity contribution in [2.24, 2.45) is 0 Å². The Bertz CT molecular complexity index is 156. The van der Waals surface area contributed by atoms with Crippen LogP contribution in [0.25, 0.3) is 0 Å². The van der Waals surface area contributed by atoms with Crippen molar-refractivity contribution in [2.45, 2.75) is 38.9 Å². The van der Waals surface area contributed by atoms with Crippen LogP contribution in [-0.2, 0) is 13.7 Å². The van der Waals surface area contributed by atoms with E-state index in [0.717, 1.165) is 0 Å². The van der Waals surface area contributed by atoms with Gasteiger partial charge in [-0.3, -0.25) is 0 Å². The van der Waals surface area contributed by atoms with E-state index < -0.39 is 7.32 Å². The molecule has 0 bridgehead atoms. The van der Waals surface area contributed by atoms with E-state index in [-0.39, 0.29) is 11.2 Å². The Morgan fingerprint density at radius 3 is 1.83 bits per heavy atom. The lowest BCUT2D eigenvalue weighted by Crippen LogP contribution is -2.41. The van der Waals surface area contributed by atoms with Crippen LogP contribution in [0.15, 0.2) is 0 Å². The van der Waals surface area contributed by atoms with Crippen LogP contribution in [0.5, 0.6) is 0 Å². The molecule has 0 aromatic carbocycles. The highest BCUT2D eigenvalue weighted by molar-refractivity contribution is 7.32. The fraction of sp³-hybridized carbons (Fsp3) is 1.00. The van der Waals surface area contributed by atoms with Gasteiger partial charge >= 0.3 is 7.32 Å². The van der Waals surface area contributed by atoms with E-state index in [0.29, 0.717) is 8.81 Å². The first-order valence-corrected chi connectivity index (χ1v) is 5.48. The second kappa shape index (κ2) is 3.26. The number of hydrogen-bond acceptors (Lipinski definition) is 3. The molecule has 5 heteroatoms. The fourth-order valence-corrected chi connectivity index (χ4v) is 1.22. The average Bonchev–Trinajstić information content (AvgIpc) is 2.02. The third-order valence-corrected chi connectivity index (χ3v) is 2.87. The van der Waals surface area contributed by atoms with Gasteiger partial charge < -0.3 is 13.7 Å². The Hall–Kier alpha value is 0.375. The Morgan fingerprint density at radius 1 is 1.08 bits per heavy atom. The van der Waals surface area contributed by atoms with Crippen molar-refractivity contribution < 1.29 is 13.7 Å². The molecule has 1 saturated heterocycles. The molecule has 1 rings (SSSR count). The van der Waals surface area contributed by atoms with Crippen molar-refractivity contribution >= 4 is 16.1 Å². The summed E-state index contributed by atoms with van der Waals surface area (Å²) in [4.78, 5) is 0. The van der Waals surface area contributed by atoms with Gasteiger partial charge in [0.15, 0.2) is 0 Å². The van der Waals surface area contributed by atoms with Gasteiger partial charge in [0.1, 0.15) is 0 Å². The molecule has 3 nitrogen and oxygen atoms in total. The SMILES string of the molecule is CPOB1OC(C)(C)C(C)(C)O1. The molecule has 0 saturated carbocycles. The van der Waals surface area contributed by atoms with Crippen LogP contribution < -0.4 is 0 Å². The molecule has 70 valence electrons. The van der Waals surface area contributed by atoms with Gasteiger partial charge in [-0.15, -0.1) is 0 Å². The Labute approximate surface area is 76.2 Å². The smallest absolute Gasteiger partial charge is 0.378 e. The normalized spacial score (nSPS) is 27.2. The monoisotopic (exact) mass is 190 g/mol. The molecule has 1 fully saturated rings. The highest BCUT2D eigenvalue weighted by Gasteiger charge is 2.52. The van der Waals surface area contributed by atoms with Crippen molar-refractivity contribution in [3.8, 4) is 0 Å². The minimum atomic E-state index is -0.488. The zero-order chi connectivity index (χ0) is 9.41. The van der Waals surface area contributed by atoms with E-state index in [2.05, 4.69) is 0 Å². The number of hydrogen-bond donors (Lipinski definition) is 0. The molecule has 1 unspecified atom stereocenters. The van der Waals surface area contributed by atoms with Gasteiger partial charge in [0.05, 0.1) is 11.2 Å². The van der Waals surface area contributed by atoms with Crippen LogP contribution in [0.3, 0.4) is 0 Å². The first-order chi connectivity index (χ1) is 5.39. The average molecular weight is 190 g/mol. The predicted octanol–water partition coefficient (Wildman–Crippen LogP) is 1.82. The molecule has 0 spiro atoms. The summed E-state index contributed by atoms with van der Waals surface area (Å²) in [7, 11) is -0.0938. The van der Waals surface area contributed by atoms with Crippen molar-refractivity contribution in [3.05, 3.63) is 0 Å². The highest BCUT2D eigenvalue weighted by Crippen LogP contribution is 2.37. The second-order valence-electron chi connectivity index (χ2n) is 3.87. The van der Waals surface area contributed by atoms with Crippen LogP contribution in [0, 0.1) is 0 Å². The second-order valence-corrected chi connectivity index (χ2v) is 4.51. The maximum Gasteiger partial charge on any atom is 0.643 e. The van der Waals surface area contributed by atoms with Crippen molar-refractivity contribution in [2.75, 3.05) is 6.66 Å². The molecule has 0 aliphatic carbocycles. The van der Waals surface area contributed by atoms with Gasteiger partial charge in [0.2, 0.25) is 0 Å². The van der Waals surface area contributed by atoms with E-state index in [1.165, 1.54) is 0 Å². The van der Waals surface area contributed by atoms with Gasteiger partial charge in [-0.05, 0) is 43.2 Å². The third kappa shape index (κ3) is 1.82. The molecule has 0 amide bonds. The van der Waals surface area contributed by atoms with Gasteiger partial charge in [-0.25, -0.2) is 0 Å². The van der Waals surface area contributed by atoms with Gasteiger partial charge in [-0.2, -0.15) is 0 Å². The molecule has 1 aliphatic rings. The molecule has 0 N–H and O–H groups in total. The van der Waals surface area contributed by atoms with E-state index in [1.807, 2.05) is 34.4 Å². The van der Waals surface area contributed by atoms with Crippen molar-refractivity contribution in [3.63, 3.8) is 0 Å². The summed E-state index contributed by atoms with van der Waals surface area (Å²) in [6.07, 6.45) is 0. The lowest BCUT2D eigenvalue weighted by molar-refractivity contribution is 0.00578. The predicted molar refractivity (Wildman–Crippen MR) is 51.4 cm³/mol. The first kappa shape index (κ1) is 10.5. The summed E-state index contributed by atoms with van der Waals surface area (Å²) < 4.78 is 16.4. The summed E-state index contributed by atoms with van der Waals surface area (Å²) in [5.41, 5.74) is -0.561. The van der Waals surface area contributed by atoms with E-state index >= 15 is 0 Å². The summed E-state index contributed by atoms with van der Waals surface area (Å²) in [5.74, 6) is 0. The maximum atomic E-state index is 5.57. The van der Waals surface area contributed by atoms with Crippen molar-refractivity contribution in [1.82, 2.24) is 0 Å².